The molecule has 0 amide bonds. The van der Waals surface area contributed by atoms with E-state index in [9.17, 15) is 0 Å². The number of alkyl halides is 1. The van der Waals surface area contributed by atoms with E-state index in [1.165, 1.54) is 12.4 Å². The van der Waals surface area contributed by atoms with Crippen LogP contribution in [-0.4, -0.2) is 29.3 Å². The van der Waals surface area contributed by atoms with Crippen LogP contribution in [0.5, 0.6) is 0 Å². The fraction of sp³-hybridized carbons (Fsp3) is 0.333. The molecule has 24 heavy (non-hydrogen) atoms. The number of nitrogens with zero attached hydrogens (tertiary/aromatic N) is 4. The van der Waals surface area contributed by atoms with Crippen molar-refractivity contribution in [1.82, 2.24) is 19.9 Å². The highest BCUT2D eigenvalue weighted by Gasteiger charge is 1.89. The first kappa shape index (κ1) is 22.7. The number of nitrogen functional groups attached to an aromatic ring is 2. The van der Waals surface area contributed by atoms with Gasteiger partial charge in [0.15, 0.2) is 0 Å². The molecule has 0 fully saturated rings. The van der Waals surface area contributed by atoms with Crippen LogP contribution in [0.25, 0.3) is 0 Å². The Balaban J connectivity index is 0. The molecular weight excluding hydrogens is 399 g/mol. The summed E-state index contributed by atoms with van der Waals surface area (Å²) in [4.78, 5) is 14.8. The number of rotatable bonds is 2. The number of aromatic nitrogens is 4. The molecule has 0 unspecified atom stereocenters. The first-order chi connectivity index (χ1) is 11.8. The number of aliphatic hydroxyl groups excluding tert-OH is 1. The topological polar surface area (TPSA) is 141 Å². The molecule has 0 saturated heterocycles. The molecule has 0 spiro atoms. The predicted molar refractivity (Wildman–Crippen MR) is 99.6 cm³/mol. The zero-order valence-corrected chi connectivity index (χ0v) is 15.9. The Morgan fingerprint density at radius 2 is 1.38 bits per heavy atom. The lowest BCUT2D eigenvalue weighted by molar-refractivity contribution is 0.281. The molecule has 2 aromatic heterocycles. The van der Waals surface area contributed by atoms with Gasteiger partial charge in [-0.2, -0.15) is 0 Å². The van der Waals surface area contributed by atoms with Crippen molar-refractivity contribution in [3.05, 3.63) is 35.9 Å². The second-order valence-corrected chi connectivity index (χ2v) is 6.17. The molecule has 0 saturated carbocycles. The van der Waals surface area contributed by atoms with Crippen molar-refractivity contribution in [2.24, 2.45) is 0 Å². The molecule has 0 aliphatic heterocycles. The summed E-state index contributed by atoms with van der Waals surface area (Å²) in [6.07, 6.45) is 6.19. The van der Waals surface area contributed by atoms with Gasteiger partial charge in [-0.05, 0) is 0 Å². The van der Waals surface area contributed by atoms with Crippen molar-refractivity contribution < 1.29 is 10.7 Å². The average molecular weight is 419 g/mol. The number of nitrogens with two attached hydrogens (primary N) is 2. The lowest BCUT2D eigenvalue weighted by Crippen LogP contribution is -1.95. The van der Waals surface area contributed by atoms with Crippen LogP contribution in [0, 0.1) is 0 Å². The second-order valence-electron chi connectivity index (χ2n) is 3.38. The van der Waals surface area contributed by atoms with Gasteiger partial charge in [-0.3, -0.25) is 0 Å². The molecule has 0 aliphatic carbocycles. The third-order valence-corrected chi connectivity index (χ3v) is 2.10. The molecule has 0 bridgehead atoms. The van der Waals surface area contributed by atoms with Crippen LogP contribution in [0.2, 0.25) is 0 Å². The van der Waals surface area contributed by atoms with E-state index < -0.39 is 9.23 Å². The molecule has 5 N–H and O–H groups in total. The minimum Gasteiger partial charge on any atom is -0.392 e. The normalized spacial score (nSPS) is 9.33. The van der Waals surface area contributed by atoms with E-state index in [1.54, 1.807) is 19.3 Å². The summed E-state index contributed by atoms with van der Waals surface area (Å²) in [6, 6.07) is 0. The van der Waals surface area contributed by atoms with E-state index in [4.69, 9.17) is 33.8 Å². The summed E-state index contributed by atoms with van der Waals surface area (Å²) in [5.41, 5.74) is 11.9. The van der Waals surface area contributed by atoms with Crippen LogP contribution in [0.1, 0.15) is 26.3 Å². The van der Waals surface area contributed by atoms with Gasteiger partial charge in [0.2, 0.25) is 21.1 Å². The molecule has 0 aromatic carbocycles. The van der Waals surface area contributed by atoms with Gasteiger partial charge in [-0.25, -0.2) is 24.1 Å². The van der Waals surface area contributed by atoms with E-state index in [1.807, 2.05) is 0 Å². The molecular formula is C12H19Cl3N6O2S. The first-order valence-electron chi connectivity index (χ1n) is 6.84. The monoisotopic (exact) mass is 417 g/mol. The van der Waals surface area contributed by atoms with Crippen molar-refractivity contribution >= 4 is 54.1 Å². The van der Waals surface area contributed by atoms with Crippen LogP contribution < -0.4 is 11.5 Å². The summed E-state index contributed by atoms with van der Waals surface area (Å²) in [5.74, 6) is 0.941. The van der Waals surface area contributed by atoms with Gasteiger partial charge in [0, 0.05) is 58.6 Å². The van der Waals surface area contributed by atoms with Gasteiger partial charge in [-0.15, -0.1) is 11.6 Å². The summed E-state index contributed by atoms with van der Waals surface area (Å²) >= 11 is 5.46. The highest BCUT2D eigenvalue weighted by Crippen LogP contribution is 1.99. The zero-order valence-electron chi connectivity index (χ0n) is 13.8. The van der Waals surface area contributed by atoms with E-state index in [0.717, 1.165) is 5.56 Å². The Kier molecular flexibility index (Phi) is 15.7. The maximum atomic E-state index is 9.09. The Hall–Kier alpha value is -1.26. The average Bonchev–Trinajstić information content (AvgIpc) is 2.57. The summed E-state index contributed by atoms with van der Waals surface area (Å²) < 4.78 is 15.3. The fourth-order valence-electron chi connectivity index (χ4n) is 0.880. The van der Waals surface area contributed by atoms with Crippen LogP contribution in [-0.2, 0) is 21.7 Å². The van der Waals surface area contributed by atoms with Crippen molar-refractivity contribution in [3.63, 3.8) is 0 Å². The molecule has 2 rings (SSSR count). The molecule has 136 valence electrons. The lowest BCUT2D eigenvalue weighted by atomic mass is 10.4. The summed E-state index contributed by atoms with van der Waals surface area (Å²) in [5, 5.41) is 8.51. The van der Waals surface area contributed by atoms with E-state index in [2.05, 4.69) is 41.3 Å². The van der Waals surface area contributed by atoms with Gasteiger partial charge in [-0.1, -0.05) is 13.8 Å². The van der Waals surface area contributed by atoms with E-state index in [-0.39, 0.29) is 18.5 Å². The quantitative estimate of drug-likeness (QED) is 0.498. The maximum absolute atomic E-state index is 9.09. The highest BCUT2D eigenvalue weighted by atomic mass is 36.0. The fourth-order valence-corrected chi connectivity index (χ4v) is 1.02. The van der Waals surface area contributed by atoms with E-state index >= 15 is 0 Å². The van der Waals surface area contributed by atoms with Gasteiger partial charge in [0.25, 0.3) is 0 Å². The first-order valence-corrected chi connectivity index (χ1v) is 9.47. The van der Waals surface area contributed by atoms with Gasteiger partial charge in [0.1, 0.15) is 0 Å². The molecule has 0 radical (unpaired) electrons. The minimum absolute atomic E-state index is 0.0414. The number of aliphatic hydroxyl groups is 1. The molecule has 2 heterocycles. The zero-order chi connectivity index (χ0) is 19.7. The number of hydrogen-bond acceptors (Lipinski definition) is 8. The third-order valence-electron chi connectivity index (χ3n) is 1.79. The Morgan fingerprint density at radius 3 is 1.62 bits per heavy atom. The van der Waals surface area contributed by atoms with E-state index in [0.29, 0.717) is 18.3 Å². The molecule has 0 atom stereocenters. The predicted octanol–water partition coefficient (Wildman–Crippen LogP) is 2.42. The van der Waals surface area contributed by atoms with Crippen molar-refractivity contribution in [1.29, 1.82) is 0 Å². The molecule has 2 aromatic rings. The lowest BCUT2D eigenvalue weighted by Gasteiger charge is -1.92. The minimum atomic E-state index is -1.67. The molecule has 8 nitrogen and oxygen atoms in total. The smallest absolute Gasteiger partial charge is 0.219 e. The Morgan fingerprint density at radius 1 is 1.08 bits per heavy atom. The van der Waals surface area contributed by atoms with Crippen LogP contribution in [0.15, 0.2) is 24.8 Å². The Bertz CT molecular complexity index is 531. The maximum Gasteiger partial charge on any atom is 0.219 e. The highest BCUT2D eigenvalue weighted by molar-refractivity contribution is 8.26. The van der Waals surface area contributed by atoms with Crippen LogP contribution >= 0.6 is 33.0 Å². The van der Waals surface area contributed by atoms with Crippen molar-refractivity contribution in [2.75, 3.05) is 11.5 Å². The second kappa shape index (κ2) is 16.6. The summed E-state index contributed by atoms with van der Waals surface area (Å²) in [7, 11) is 7.36. The number of halogens is 3. The van der Waals surface area contributed by atoms with Gasteiger partial charge >= 0.3 is 0 Å². The molecule has 0 aliphatic rings. The van der Waals surface area contributed by atoms with Crippen molar-refractivity contribution in [3.8, 4) is 0 Å². The van der Waals surface area contributed by atoms with Crippen molar-refractivity contribution in [2.45, 2.75) is 26.3 Å². The van der Waals surface area contributed by atoms with Gasteiger partial charge in [0.05, 0.1) is 12.5 Å². The van der Waals surface area contributed by atoms with Crippen LogP contribution in [0.3, 0.4) is 0 Å². The third kappa shape index (κ3) is 15.6. The largest absolute Gasteiger partial charge is 0.392 e. The number of hydrogen-bond donors (Lipinski definition) is 3. The Labute approximate surface area is 158 Å². The number of anilines is 2. The van der Waals surface area contributed by atoms with Crippen LogP contribution in [0.4, 0.5) is 11.9 Å². The summed E-state index contributed by atoms with van der Waals surface area (Å²) in [6.45, 7) is 2.25. The van der Waals surface area contributed by atoms with Gasteiger partial charge < -0.3 is 16.6 Å². The molecule has 12 heteroatoms. The standard InChI is InChI=1S/C5H6ClN3.C5H7N3O.C2H6.Cl2OS/c6-1-4-2-8-5(7)9-3-4;6-5-7-1-4(3-9)2-8-5;1-2;1-4(2)3/h2-3H,1H2,(H2,7,8,9);1-2,9H,3H2,(H2,6,7,8);1-2H3;/i;;1D;. The SMILES string of the molecule is Nc1ncc(CCl)cn1.Nc1ncc(CO)cn1.O=S(Cl)Cl.[2H]CC.